The van der Waals surface area contributed by atoms with Crippen LogP contribution in [0.3, 0.4) is 0 Å². The molecule has 0 radical (unpaired) electrons. The molecule has 1 N–H and O–H groups in total. The van der Waals surface area contributed by atoms with Crippen LogP contribution in [-0.4, -0.2) is 49.2 Å². The number of hydrogen-bond donors (Lipinski definition) is 1. The third kappa shape index (κ3) is 7.75. The number of hydrogen-bond acceptors (Lipinski definition) is 3. The number of nitrogens with one attached hydrogen (secondary N) is 1. The molecule has 114 valence electrons. The van der Waals surface area contributed by atoms with Crippen LogP contribution in [0.5, 0.6) is 0 Å². The Labute approximate surface area is 123 Å². The summed E-state index contributed by atoms with van der Waals surface area (Å²) in [5, 5.41) is 3.34. The summed E-state index contributed by atoms with van der Waals surface area (Å²) in [7, 11) is 0. The summed E-state index contributed by atoms with van der Waals surface area (Å²) in [5.41, 5.74) is 0. The van der Waals surface area contributed by atoms with Gasteiger partial charge < -0.3 is 15.0 Å². The first-order valence-corrected chi connectivity index (χ1v) is 7.11. The van der Waals surface area contributed by atoms with Gasteiger partial charge >= 0.3 is 0 Å². The number of piperazine rings is 1. The molecule has 2 atom stereocenters. The van der Waals surface area contributed by atoms with Gasteiger partial charge in [0.15, 0.2) is 0 Å². The SMILES string of the molecule is CC(C)CC(C)OCCC(=O)N1CCNC(C)C1.Cl. The molecule has 1 amide bonds. The number of halogens is 1. The molecule has 0 aromatic heterocycles. The van der Waals surface area contributed by atoms with E-state index < -0.39 is 0 Å². The van der Waals surface area contributed by atoms with Crippen molar-refractivity contribution in [2.24, 2.45) is 5.92 Å². The van der Waals surface area contributed by atoms with E-state index in [0.29, 0.717) is 25.0 Å². The maximum Gasteiger partial charge on any atom is 0.224 e. The van der Waals surface area contributed by atoms with E-state index in [0.717, 1.165) is 26.1 Å². The minimum absolute atomic E-state index is 0. The van der Waals surface area contributed by atoms with E-state index in [1.807, 2.05) is 4.90 Å². The van der Waals surface area contributed by atoms with Crippen LogP contribution >= 0.6 is 12.4 Å². The van der Waals surface area contributed by atoms with E-state index in [4.69, 9.17) is 4.74 Å². The second kappa shape index (κ2) is 9.56. The van der Waals surface area contributed by atoms with Crippen LogP contribution in [0, 0.1) is 5.92 Å². The lowest BCUT2D eigenvalue weighted by molar-refractivity contribution is -0.133. The highest BCUT2D eigenvalue weighted by molar-refractivity contribution is 5.85. The van der Waals surface area contributed by atoms with Crippen LogP contribution in [0.2, 0.25) is 0 Å². The minimum atomic E-state index is 0. The second-order valence-corrected chi connectivity index (χ2v) is 5.76. The highest BCUT2D eigenvalue weighted by Crippen LogP contribution is 2.08. The van der Waals surface area contributed by atoms with Gasteiger partial charge in [-0.05, 0) is 26.2 Å². The number of carbonyl (C=O) groups is 1. The largest absolute Gasteiger partial charge is 0.378 e. The third-order valence-corrected chi connectivity index (χ3v) is 3.24. The van der Waals surface area contributed by atoms with Crippen molar-refractivity contribution in [2.75, 3.05) is 26.2 Å². The highest BCUT2D eigenvalue weighted by atomic mass is 35.5. The Kier molecular flexibility index (Phi) is 9.40. The Balaban J connectivity index is 0.00000324. The molecule has 0 bridgehead atoms. The van der Waals surface area contributed by atoms with Crippen molar-refractivity contribution in [1.29, 1.82) is 0 Å². The summed E-state index contributed by atoms with van der Waals surface area (Å²) in [6, 6.07) is 0.406. The van der Waals surface area contributed by atoms with Gasteiger partial charge in [-0.3, -0.25) is 4.79 Å². The molecular formula is C14H29ClN2O2. The lowest BCUT2D eigenvalue weighted by Crippen LogP contribution is -2.51. The van der Waals surface area contributed by atoms with Crippen molar-refractivity contribution in [3.05, 3.63) is 0 Å². The molecule has 2 unspecified atom stereocenters. The van der Waals surface area contributed by atoms with E-state index in [2.05, 4.69) is 33.0 Å². The molecule has 19 heavy (non-hydrogen) atoms. The van der Waals surface area contributed by atoms with E-state index in [9.17, 15) is 4.79 Å². The maximum atomic E-state index is 12.0. The number of rotatable bonds is 6. The first-order chi connectivity index (χ1) is 8.49. The van der Waals surface area contributed by atoms with Crippen molar-refractivity contribution in [1.82, 2.24) is 10.2 Å². The van der Waals surface area contributed by atoms with E-state index in [-0.39, 0.29) is 24.4 Å². The molecule has 0 spiro atoms. The Hall–Kier alpha value is -0.320. The fraction of sp³-hybridized carbons (Fsp3) is 0.929. The van der Waals surface area contributed by atoms with Crippen LogP contribution < -0.4 is 5.32 Å². The van der Waals surface area contributed by atoms with Crippen LogP contribution in [0.1, 0.15) is 40.5 Å². The van der Waals surface area contributed by atoms with Crippen LogP contribution in [0.15, 0.2) is 0 Å². The molecular weight excluding hydrogens is 264 g/mol. The van der Waals surface area contributed by atoms with Gasteiger partial charge in [0.25, 0.3) is 0 Å². The summed E-state index contributed by atoms with van der Waals surface area (Å²) >= 11 is 0. The van der Waals surface area contributed by atoms with Crippen molar-refractivity contribution >= 4 is 18.3 Å². The summed E-state index contributed by atoms with van der Waals surface area (Å²) in [5.74, 6) is 0.866. The van der Waals surface area contributed by atoms with Gasteiger partial charge in [0.05, 0.1) is 19.1 Å². The molecule has 1 heterocycles. The quantitative estimate of drug-likeness (QED) is 0.815. The minimum Gasteiger partial charge on any atom is -0.378 e. The van der Waals surface area contributed by atoms with Crippen molar-refractivity contribution in [2.45, 2.75) is 52.7 Å². The lowest BCUT2D eigenvalue weighted by atomic mass is 10.1. The Morgan fingerprint density at radius 2 is 2.11 bits per heavy atom. The first kappa shape index (κ1) is 18.7. The molecule has 1 aliphatic rings. The second-order valence-electron chi connectivity index (χ2n) is 5.76. The predicted molar refractivity (Wildman–Crippen MR) is 80.8 cm³/mol. The average Bonchev–Trinajstić information content (AvgIpc) is 2.27. The highest BCUT2D eigenvalue weighted by Gasteiger charge is 2.20. The van der Waals surface area contributed by atoms with Gasteiger partial charge in [-0.2, -0.15) is 0 Å². The Morgan fingerprint density at radius 1 is 1.42 bits per heavy atom. The first-order valence-electron chi connectivity index (χ1n) is 7.11. The Morgan fingerprint density at radius 3 is 2.68 bits per heavy atom. The van der Waals surface area contributed by atoms with Crippen LogP contribution in [0.4, 0.5) is 0 Å². The predicted octanol–water partition coefficient (Wildman–Crippen LogP) is 2.07. The lowest BCUT2D eigenvalue weighted by Gasteiger charge is -2.32. The van der Waals surface area contributed by atoms with Crippen molar-refractivity contribution in [3.8, 4) is 0 Å². The van der Waals surface area contributed by atoms with Gasteiger partial charge in [0.2, 0.25) is 5.91 Å². The number of amides is 1. The summed E-state index contributed by atoms with van der Waals surface area (Å²) < 4.78 is 5.68. The summed E-state index contributed by atoms with van der Waals surface area (Å²) in [6.45, 7) is 11.7. The molecule has 1 fully saturated rings. The molecule has 1 saturated heterocycles. The molecule has 1 rings (SSSR count). The van der Waals surface area contributed by atoms with Gasteiger partial charge in [-0.1, -0.05) is 13.8 Å². The summed E-state index contributed by atoms with van der Waals surface area (Å²) in [4.78, 5) is 13.9. The number of nitrogens with zero attached hydrogens (tertiary/aromatic N) is 1. The molecule has 0 saturated carbocycles. The molecule has 0 aromatic carbocycles. The normalized spacial score (nSPS) is 21.1. The van der Waals surface area contributed by atoms with Crippen LogP contribution in [-0.2, 0) is 9.53 Å². The molecule has 0 aliphatic carbocycles. The van der Waals surface area contributed by atoms with Gasteiger partial charge in [-0.15, -0.1) is 12.4 Å². The summed E-state index contributed by atoms with van der Waals surface area (Å²) in [6.07, 6.45) is 1.81. The zero-order chi connectivity index (χ0) is 13.5. The zero-order valence-corrected chi connectivity index (χ0v) is 13.5. The topological polar surface area (TPSA) is 41.6 Å². The standard InChI is InChI=1S/C14H28N2O2.ClH/c1-11(2)9-13(4)18-8-5-14(17)16-7-6-15-12(3)10-16;/h11-13,15H,5-10H2,1-4H3;1H. The molecule has 1 aliphatic heterocycles. The third-order valence-electron chi connectivity index (χ3n) is 3.24. The smallest absolute Gasteiger partial charge is 0.224 e. The van der Waals surface area contributed by atoms with Crippen molar-refractivity contribution < 1.29 is 9.53 Å². The number of carbonyl (C=O) groups excluding carboxylic acids is 1. The monoisotopic (exact) mass is 292 g/mol. The zero-order valence-electron chi connectivity index (χ0n) is 12.6. The fourth-order valence-electron chi connectivity index (χ4n) is 2.40. The van der Waals surface area contributed by atoms with Gasteiger partial charge in [0.1, 0.15) is 0 Å². The fourth-order valence-corrected chi connectivity index (χ4v) is 2.40. The number of ether oxygens (including phenoxy) is 1. The van der Waals surface area contributed by atoms with Crippen molar-refractivity contribution in [3.63, 3.8) is 0 Å². The van der Waals surface area contributed by atoms with Crippen LogP contribution in [0.25, 0.3) is 0 Å². The molecule has 5 heteroatoms. The average molecular weight is 293 g/mol. The Bertz CT molecular complexity index is 262. The van der Waals surface area contributed by atoms with Gasteiger partial charge in [0, 0.05) is 25.7 Å². The van der Waals surface area contributed by atoms with E-state index >= 15 is 0 Å². The van der Waals surface area contributed by atoms with E-state index in [1.165, 1.54) is 0 Å². The molecule has 4 nitrogen and oxygen atoms in total. The van der Waals surface area contributed by atoms with E-state index in [1.54, 1.807) is 0 Å². The maximum absolute atomic E-state index is 12.0. The molecule has 0 aromatic rings. The van der Waals surface area contributed by atoms with Gasteiger partial charge in [-0.25, -0.2) is 0 Å².